The van der Waals surface area contributed by atoms with Gasteiger partial charge in [0.1, 0.15) is 5.00 Å². The zero-order valence-corrected chi connectivity index (χ0v) is 19.4. The Morgan fingerprint density at radius 1 is 1.07 bits per heavy atom. The minimum atomic E-state index is -0.378. The first-order chi connectivity index (χ1) is 14.5. The summed E-state index contributed by atoms with van der Waals surface area (Å²) in [7, 11) is 0. The Labute approximate surface area is 187 Å². The lowest BCUT2D eigenvalue weighted by Crippen LogP contribution is -2.17. The number of thiophene rings is 1. The lowest BCUT2D eigenvalue weighted by atomic mass is 9.95. The van der Waals surface area contributed by atoms with E-state index in [4.69, 9.17) is 4.74 Å². The zero-order valence-electron chi connectivity index (χ0n) is 16.9. The van der Waals surface area contributed by atoms with Crippen molar-refractivity contribution in [3.63, 3.8) is 0 Å². The van der Waals surface area contributed by atoms with Crippen molar-refractivity contribution in [3.05, 3.63) is 16.0 Å². The van der Waals surface area contributed by atoms with Crippen LogP contribution >= 0.6 is 34.4 Å². The molecule has 2 aromatic heterocycles. The standard InChI is InChI=1S/C19H24N4O4S3/c1-3-7-13(24)21-18-22-23-19(30-18)28-10-14(25)20-16-15(17(26)27-4-2)11-8-5-6-9-12(11)29-16/h3-10H2,1-2H3,(H,20,25)(H,21,22,24). The Kier molecular flexibility index (Phi) is 8.23. The molecule has 2 aromatic rings. The summed E-state index contributed by atoms with van der Waals surface area (Å²) in [4.78, 5) is 37.8. The number of aromatic nitrogens is 2. The maximum absolute atomic E-state index is 12.5. The van der Waals surface area contributed by atoms with Crippen LogP contribution < -0.4 is 10.6 Å². The second-order valence-corrected chi connectivity index (χ2v) is 9.95. The summed E-state index contributed by atoms with van der Waals surface area (Å²) in [5, 5.41) is 14.5. The summed E-state index contributed by atoms with van der Waals surface area (Å²) in [6.07, 6.45) is 5.07. The van der Waals surface area contributed by atoms with Crippen molar-refractivity contribution in [2.24, 2.45) is 0 Å². The Morgan fingerprint density at radius 3 is 2.63 bits per heavy atom. The number of nitrogens with zero attached hydrogens (tertiary/aromatic N) is 2. The molecule has 162 valence electrons. The van der Waals surface area contributed by atoms with E-state index in [1.807, 2.05) is 6.92 Å². The number of anilines is 2. The van der Waals surface area contributed by atoms with Gasteiger partial charge in [-0.15, -0.1) is 21.5 Å². The zero-order chi connectivity index (χ0) is 21.5. The van der Waals surface area contributed by atoms with E-state index in [0.717, 1.165) is 42.5 Å². The van der Waals surface area contributed by atoms with Crippen molar-refractivity contribution in [1.29, 1.82) is 0 Å². The van der Waals surface area contributed by atoms with Crippen LogP contribution in [0.1, 0.15) is 60.3 Å². The molecule has 3 rings (SSSR count). The molecule has 8 nitrogen and oxygen atoms in total. The van der Waals surface area contributed by atoms with Crippen molar-refractivity contribution in [2.75, 3.05) is 23.0 Å². The summed E-state index contributed by atoms with van der Waals surface area (Å²) in [5.41, 5.74) is 1.52. The molecule has 0 unspecified atom stereocenters. The quantitative estimate of drug-likeness (QED) is 0.323. The van der Waals surface area contributed by atoms with E-state index in [-0.39, 0.29) is 23.5 Å². The lowest BCUT2D eigenvalue weighted by Gasteiger charge is -2.12. The van der Waals surface area contributed by atoms with Gasteiger partial charge in [0.25, 0.3) is 0 Å². The van der Waals surface area contributed by atoms with Gasteiger partial charge in [-0.3, -0.25) is 9.59 Å². The predicted molar refractivity (Wildman–Crippen MR) is 120 cm³/mol. The van der Waals surface area contributed by atoms with Gasteiger partial charge in [-0.1, -0.05) is 30.0 Å². The van der Waals surface area contributed by atoms with Gasteiger partial charge in [-0.2, -0.15) is 0 Å². The number of fused-ring (bicyclic) bond motifs is 1. The number of rotatable bonds is 9. The monoisotopic (exact) mass is 468 g/mol. The van der Waals surface area contributed by atoms with Gasteiger partial charge in [0.05, 0.1) is 17.9 Å². The molecule has 0 radical (unpaired) electrons. The van der Waals surface area contributed by atoms with Crippen LogP contribution in [0.25, 0.3) is 0 Å². The number of nitrogens with one attached hydrogen (secondary N) is 2. The van der Waals surface area contributed by atoms with Gasteiger partial charge in [-0.25, -0.2) is 4.79 Å². The van der Waals surface area contributed by atoms with Gasteiger partial charge in [-0.05, 0) is 44.6 Å². The van der Waals surface area contributed by atoms with Crippen molar-refractivity contribution in [2.45, 2.75) is 56.7 Å². The molecule has 0 saturated heterocycles. The molecule has 2 heterocycles. The van der Waals surface area contributed by atoms with Crippen LogP contribution in [-0.2, 0) is 27.2 Å². The highest BCUT2D eigenvalue weighted by atomic mass is 32.2. The number of carbonyl (C=O) groups is 3. The second-order valence-electron chi connectivity index (χ2n) is 6.64. The van der Waals surface area contributed by atoms with E-state index in [0.29, 0.717) is 33.1 Å². The van der Waals surface area contributed by atoms with Crippen LogP contribution in [-0.4, -0.2) is 40.3 Å². The van der Waals surface area contributed by atoms with Crippen LogP contribution in [0.5, 0.6) is 0 Å². The van der Waals surface area contributed by atoms with Crippen LogP contribution in [0, 0.1) is 0 Å². The summed E-state index contributed by atoms with van der Waals surface area (Å²) >= 11 is 3.93. The van der Waals surface area contributed by atoms with E-state index >= 15 is 0 Å². The van der Waals surface area contributed by atoms with Gasteiger partial charge >= 0.3 is 5.97 Å². The molecule has 2 amide bonds. The fourth-order valence-corrected chi connectivity index (χ4v) is 5.95. The second kappa shape index (κ2) is 10.9. The molecule has 0 bridgehead atoms. The number of aryl methyl sites for hydroxylation is 1. The Hall–Kier alpha value is -1.98. The third-order valence-corrected chi connectivity index (χ3v) is 7.54. The molecule has 30 heavy (non-hydrogen) atoms. The normalized spacial score (nSPS) is 12.9. The molecular weight excluding hydrogens is 444 g/mol. The Bertz CT molecular complexity index is 925. The fourth-order valence-electron chi connectivity index (χ4n) is 3.09. The smallest absolute Gasteiger partial charge is 0.341 e. The summed E-state index contributed by atoms with van der Waals surface area (Å²) in [6, 6.07) is 0. The van der Waals surface area contributed by atoms with Crippen LogP contribution in [0.4, 0.5) is 10.1 Å². The maximum Gasteiger partial charge on any atom is 0.341 e. The van der Waals surface area contributed by atoms with Gasteiger partial charge in [0.2, 0.25) is 16.9 Å². The first kappa shape index (κ1) is 22.7. The Morgan fingerprint density at radius 2 is 1.87 bits per heavy atom. The first-order valence-corrected chi connectivity index (χ1v) is 12.5. The maximum atomic E-state index is 12.5. The average Bonchev–Trinajstić information content (AvgIpc) is 3.30. The van der Waals surface area contributed by atoms with Crippen molar-refractivity contribution in [1.82, 2.24) is 10.2 Å². The fraction of sp³-hybridized carbons (Fsp3) is 0.526. The molecule has 0 spiro atoms. The number of carbonyl (C=O) groups excluding carboxylic acids is 3. The highest BCUT2D eigenvalue weighted by Crippen LogP contribution is 2.38. The molecule has 0 aromatic carbocycles. The minimum absolute atomic E-state index is 0.101. The number of ether oxygens (including phenoxy) is 1. The molecule has 2 N–H and O–H groups in total. The number of hydrogen-bond acceptors (Lipinski definition) is 9. The average molecular weight is 469 g/mol. The van der Waals surface area contributed by atoms with E-state index in [9.17, 15) is 14.4 Å². The van der Waals surface area contributed by atoms with E-state index < -0.39 is 0 Å². The van der Waals surface area contributed by atoms with Crippen LogP contribution in [0.2, 0.25) is 0 Å². The molecule has 0 atom stereocenters. The van der Waals surface area contributed by atoms with Crippen molar-refractivity contribution < 1.29 is 19.1 Å². The third kappa shape index (κ3) is 5.79. The highest BCUT2D eigenvalue weighted by Gasteiger charge is 2.27. The topological polar surface area (TPSA) is 110 Å². The number of hydrogen-bond donors (Lipinski definition) is 2. The Balaban J connectivity index is 1.61. The van der Waals surface area contributed by atoms with E-state index in [1.165, 1.54) is 34.4 Å². The number of amides is 2. The molecule has 1 aliphatic carbocycles. The third-order valence-electron chi connectivity index (χ3n) is 4.36. The van der Waals surface area contributed by atoms with Gasteiger partial charge < -0.3 is 15.4 Å². The van der Waals surface area contributed by atoms with Crippen LogP contribution in [0.3, 0.4) is 0 Å². The number of thioether (sulfide) groups is 1. The molecule has 0 fully saturated rings. The SMILES string of the molecule is CCCC(=O)Nc1nnc(SCC(=O)Nc2sc3c(c2C(=O)OCC)CCCC3)s1. The summed E-state index contributed by atoms with van der Waals surface area (Å²) < 4.78 is 5.81. The van der Waals surface area contributed by atoms with Gasteiger partial charge in [0, 0.05) is 11.3 Å². The largest absolute Gasteiger partial charge is 0.462 e. The highest BCUT2D eigenvalue weighted by molar-refractivity contribution is 8.01. The minimum Gasteiger partial charge on any atom is -0.462 e. The molecule has 0 aliphatic heterocycles. The summed E-state index contributed by atoms with van der Waals surface area (Å²) in [5.74, 6) is -0.578. The molecule has 1 aliphatic rings. The first-order valence-electron chi connectivity index (χ1n) is 9.89. The summed E-state index contributed by atoms with van der Waals surface area (Å²) in [6.45, 7) is 3.99. The predicted octanol–water partition coefficient (Wildman–Crippen LogP) is 4.12. The van der Waals surface area contributed by atoms with Crippen molar-refractivity contribution >= 4 is 62.4 Å². The van der Waals surface area contributed by atoms with Gasteiger partial charge in [0.15, 0.2) is 4.34 Å². The van der Waals surface area contributed by atoms with Crippen LogP contribution in [0.15, 0.2) is 4.34 Å². The number of esters is 1. The molecule has 0 saturated carbocycles. The lowest BCUT2D eigenvalue weighted by molar-refractivity contribution is -0.116. The molecular formula is C19H24N4O4S3. The molecule has 11 heteroatoms. The van der Waals surface area contributed by atoms with E-state index in [2.05, 4.69) is 20.8 Å². The van der Waals surface area contributed by atoms with Crippen molar-refractivity contribution in [3.8, 4) is 0 Å². The van der Waals surface area contributed by atoms with E-state index in [1.54, 1.807) is 6.92 Å².